The first-order chi connectivity index (χ1) is 8.86. The molecule has 0 aliphatic heterocycles. The van der Waals surface area contributed by atoms with Crippen molar-refractivity contribution in [2.24, 2.45) is 0 Å². The van der Waals surface area contributed by atoms with Gasteiger partial charge in [0.1, 0.15) is 0 Å². The summed E-state index contributed by atoms with van der Waals surface area (Å²) in [7, 11) is 1.73. The molecule has 0 radical (unpaired) electrons. The fourth-order valence-electron chi connectivity index (χ4n) is 1.85. The third kappa shape index (κ3) is 6.58. The van der Waals surface area contributed by atoms with Gasteiger partial charge < -0.3 is 10.1 Å². The first-order valence-electron chi connectivity index (χ1n) is 6.82. The van der Waals surface area contributed by atoms with Crippen molar-refractivity contribution in [3.05, 3.63) is 41.5 Å². The fourth-order valence-corrected chi connectivity index (χ4v) is 1.85. The Balaban J connectivity index is 2.26. The quantitative estimate of drug-likeness (QED) is 0.676. The van der Waals surface area contributed by atoms with E-state index in [-0.39, 0.29) is 0 Å². The van der Waals surface area contributed by atoms with Crippen LogP contribution in [-0.4, -0.2) is 26.8 Å². The molecule has 0 spiro atoms. The summed E-state index contributed by atoms with van der Waals surface area (Å²) in [5.41, 5.74) is 2.73. The van der Waals surface area contributed by atoms with Crippen molar-refractivity contribution in [1.29, 1.82) is 0 Å². The molecule has 0 saturated carbocycles. The largest absolute Gasteiger partial charge is 0.383 e. The van der Waals surface area contributed by atoms with Gasteiger partial charge >= 0.3 is 0 Å². The summed E-state index contributed by atoms with van der Waals surface area (Å²) in [4.78, 5) is 0. The van der Waals surface area contributed by atoms with Gasteiger partial charge in [-0.15, -0.1) is 0 Å². The molecule has 0 aliphatic rings. The zero-order valence-corrected chi connectivity index (χ0v) is 11.6. The topological polar surface area (TPSA) is 21.3 Å². The van der Waals surface area contributed by atoms with E-state index >= 15 is 0 Å². The highest BCUT2D eigenvalue weighted by Gasteiger charge is 1.92. The Morgan fingerprint density at radius 1 is 1.28 bits per heavy atom. The predicted molar refractivity (Wildman–Crippen MR) is 78.8 cm³/mol. The van der Waals surface area contributed by atoms with E-state index in [0.29, 0.717) is 0 Å². The molecule has 0 aliphatic carbocycles. The zero-order chi connectivity index (χ0) is 13.1. The average Bonchev–Trinajstić information content (AvgIpc) is 2.39. The highest BCUT2D eigenvalue weighted by atomic mass is 16.5. The molecule has 0 heterocycles. The van der Waals surface area contributed by atoms with Crippen LogP contribution in [0.4, 0.5) is 0 Å². The lowest BCUT2D eigenvalue weighted by Crippen LogP contribution is -2.19. The van der Waals surface area contributed by atoms with Crippen LogP contribution in [0, 0.1) is 0 Å². The van der Waals surface area contributed by atoms with Gasteiger partial charge in [0.15, 0.2) is 0 Å². The van der Waals surface area contributed by atoms with Crippen LogP contribution in [0.15, 0.2) is 30.3 Å². The maximum Gasteiger partial charge on any atom is 0.0587 e. The molecule has 2 nitrogen and oxygen atoms in total. The molecule has 0 bridgehead atoms. The van der Waals surface area contributed by atoms with Crippen molar-refractivity contribution < 1.29 is 4.74 Å². The number of nitrogens with one attached hydrogen (secondary N) is 1. The van der Waals surface area contributed by atoms with Crippen molar-refractivity contribution in [2.75, 3.05) is 26.8 Å². The summed E-state index contributed by atoms with van der Waals surface area (Å²) in [5, 5.41) is 3.33. The Morgan fingerprint density at radius 2 is 2.17 bits per heavy atom. The van der Waals surface area contributed by atoms with E-state index in [2.05, 4.69) is 48.7 Å². The molecule has 1 aromatic carbocycles. The summed E-state index contributed by atoms with van der Waals surface area (Å²) in [5.74, 6) is 0. The number of rotatable bonds is 9. The smallest absolute Gasteiger partial charge is 0.0587 e. The molecule has 100 valence electrons. The lowest BCUT2D eigenvalue weighted by atomic mass is 10.1. The van der Waals surface area contributed by atoms with Gasteiger partial charge in [0.2, 0.25) is 0 Å². The predicted octanol–water partition coefficient (Wildman–Crippen LogP) is 3.28. The summed E-state index contributed by atoms with van der Waals surface area (Å²) in [6.45, 7) is 4.93. The van der Waals surface area contributed by atoms with E-state index in [1.807, 2.05) is 0 Å². The minimum Gasteiger partial charge on any atom is -0.383 e. The molecule has 2 heteroatoms. The summed E-state index contributed by atoms with van der Waals surface area (Å²) < 4.78 is 4.97. The molecule has 0 aromatic heterocycles. The number of hydrogen-bond donors (Lipinski definition) is 1. The van der Waals surface area contributed by atoms with E-state index in [1.54, 1.807) is 7.11 Å². The highest BCUT2D eigenvalue weighted by molar-refractivity contribution is 5.50. The van der Waals surface area contributed by atoms with Crippen LogP contribution in [0.3, 0.4) is 0 Å². The first kappa shape index (κ1) is 14.9. The van der Waals surface area contributed by atoms with Crippen LogP contribution in [0.5, 0.6) is 0 Å². The second-order valence-corrected chi connectivity index (χ2v) is 4.43. The number of benzene rings is 1. The number of ether oxygens (including phenoxy) is 1. The molecule has 1 aromatic rings. The lowest BCUT2D eigenvalue weighted by Gasteiger charge is -2.01. The number of methoxy groups -OCH3 is 1. The molecule has 0 amide bonds. The maximum absolute atomic E-state index is 4.97. The highest BCUT2D eigenvalue weighted by Crippen LogP contribution is 2.09. The first-order valence-corrected chi connectivity index (χ1v) is 6.82. The van der Waals surface area contributed by atoms with Gasteiger partial charge in [0, 0.05) is 13.7 Å². The molecular formula is C16H25NO. The standard InChI is InChI=1S/C16H25NO/c1-3-7-15-9-6-10-16(14-15)8-4-5-11-17-12-13-18-2/h4,6,8-10,14,17H,3,5,7,11-13H2,1-2H3/b8-4+. The second-order valence-electron chi connectivity index (χ2n) is 4.43. The summed E-state index contributed by atoms with van der Waals surface area (Å²) >= 11 is 0. The van der Waals surface area contributed by atoms with E-state index in [0.717, 1.165) is 26.1 Å². The van der Waals surface area contributed by atoms with Crippen LogP contribution in [0.2, 0.25) is 0 Å². The molecule has 0 atom stereocenters. The van der Waals surface area contributed by atoms with E-state index in [1.165, 1.54) is 24.0 Å². The number of aryl methyl sites for hydroxylation is 1. The van der Waals surface area contributed by atoms with Crippen molar-refractivity contribution in [3.63, 3.8) is 0 Å². The van der Waals surface area contributed by atoms with Crippen LogP contribution in [-0.2, 0) is 11.2 Å². The van der Waals surface area contributed by atoms with Crippen molar-refractivity contribution >= 4 is 6.08 Å². The van der Waals surface area contributed by atoms with Crippen LogP contribution in [0.1, 0.15) is 30.9 Å². The van der Waals surface area contributed by atoms with Crippen LogP contribution < -0.4 is 5.32 Å². The molecule has 0 unspecified atom stereocenters. The SMILES string of the molecule is CCCc1cccc(/C=C/CCNCCOC)c1. The van der Waals surface area contributed by atoms with Gasteiger partial charge in [0.05, 0.1) is 6.61 Å². The molecule has 1 N–H and O–H groups in total. The lowest BCUT2D eigenvalue weighted by molar-refractivity contribution is 0.199. The molecule has 18 heavy (non-hydrogen) atoms. The van der Waals surface area contributed by atoms with Crippen molar-refractivity contribution in [1.82, 2.24) is 5.32 Å². The Morgan fingerprint density at radius 3 is 2.94 bits per heavy atom. The van der Waals surface area contributed by atoms with Gasteiger partial charge in [-0.1, -0.05) is 49.8 Å². The molecule has 1 rings (SSSR count). The summed E-state index contributed by atoms with van der Waals surface area (Å²) in [6, 6.07) is 8.78. The van der Waals surface area contributed by atoms with Crippen LogP contribution >= 0.6 is 0 Å². The van der Waals surface area contributed by atoms with Gasteiger partial charge in [-0.05, 0) is 30.5 Å². The zero-order valence-electron chi connectivity index (χ0n) is 11.6. The summed E-state index contributed by atoms with van der Waals surface area (Å²) in [6.07, 6.45) is 7.86. The monoisotopic (exact) mass is 247 g/mol. The Kier molecular flexibility index (Phi) is 8.19. The molecule has 0 fully saturated rings. The van der Waals surface area contributed by atoms with Crippen molar-refractivity contribution in [2.45, 2.75) is 26.2 Å². The minimum atomic E-state index is 0.781. The van der Waals surface area contributed by atoms with Gasteiger partial charge in [0.25, 0.3) is 0 Å². The second kappa shape index (κ2) is 9.86. The minimum absolute atomic E-state index is 0.781. The number of hydrogen-bond acceptors (Lipinski definition) is 2. The maximum atomic E-state index is 4.97. The van der Waals surface area contributed by atoms with E-state index < -0.39 is 0 Å². The molecule has 0 saturated heterocycles. The van der Waals surface area contributed by atoms with Gasteiger partial charge in [-0.25, -0.2) is 0 Å². The molecular weight excluding hydrogens is 222 g/mol. The average molecular weight is 247 g/mol. The Hall–Kier alpha value is -1.12. The van der Waals surface area contributed by atoms with Crippen molar-refractivity contribution in [3.8, 4) is 0 Å². The van der Waals surface area contributed by atoms with E-state index in [9.17, 15) is 0 Å². The van der Waals surface area contributed by atoms with Crippen LogP contribution in [0.25, 0.3) is 6.08 Å². The fraction of sp³-hybridized carbons (Fsp3) is 0.500. The van der Waals surface area contributed by atoms with E-state index in [4.69, 9.17) is 4.74 Å². The third-order valence-electron chi connectivity index (χ3n) is 2.77. The Labute approximate surface area is 111 Å². The van der Waals surface area contributed by atoms with Gasteiger partial charge in [-0.2, -0.15) is 0 Å². The normalized spacial score (nSPS) is 11.2. The Bertz CT molecular complexity index is 347. The third-order valence-corrected chi connectivity index (χ3v) is 2.77. The van der Waals surface area contributed by atoms with Gasteiger partial charge in [-0.3, -0.25) is 0 Å².